The molecule has 1 aromatic carbocycles. The first-order chi connectivity index (χ1) is 16.7. The van der Waals surface area contributed by atoms with Gasteiger partial charge in [0.2, 0.25) is 5.91 Å². The van der Waals surface area contributed by atoms with Crippen LogP contribution in [0.1, 0.15) is 37.4 Å². The number of nitrogens with zero attached hydrogens (tertiary/aromatic N) is 5. The average molecular weight is 458 g/mol. The predicted octanol–water partition coefficient (Wildman–Crippen LogP) is 4.06. The molecule has 7 heteroatoms. The number of ether oxygens (including phenoxy) is 1. The second-order valence-corrected chi connectivity index (χ2v) is 9.69. The van der Waals surface area contributed by atoms with Gasteiger partial charge in [0, 0.05) is 42.0 Å². The van der Waals surface area contributed by atoms with E-state index in [1.165, 1.54) is 23.2 Å². The second-order valence-electron chi connectivity index (χ2n) is 9.69. The lowest BCUT2D eigenvalue weighted by molar-refractivity contribution is -0.119. The Labute approximate surface area is 200 Å². The van der Waals surface area contributed by atoms with Crippen LogP contribution in [-0.4, -0.2) is 53.5 Å². The predicted molar refractivity (Wildman–Crippen MR) is 134 cm³/mol. The van der Waals surface area contributed by atoms with Gasteiger partial charge in [-0.2, -0.15) is 5.10 Å². The number of carbonyl (C=O) groups excluding carboxylic acids is 1. The highest BCUT2D eigenvalue weighted by molar-refractivity contribution is 5.97. The van der Waals surface area contributed by atoms with Gasteiger partial charge in [0.05, 0.1) is 25.1 Å². The van der Waals surface area contributed by atoms with Crippen LogP contribution in [0.3, 0.4) is 0 Å². The number of fused-ring (bicyclic) bond motifs is 2. The number of pyridine rings is 1. The van der Waals surface area contributed by atoms with Gasteiger partial charge in [0.15, 0.2) is 5.65 Å². The molecule has 34 heavy (non-hydrogen) atoms. The van der Waals surface area contributed by atoms with Crippen molar-refractivity contribution in [2.45, 2.75) is 39.2 Å². The molecule has 1 unspecified atom stereocenters. The molecule has 2 aliphatic heterocycles. The summed E-state index contributed by atoms with van der Waals surface area (Å²) in [6.07, 6.45) is 8.37. The van der Waals surface area contributed by atoms with Crippen LogP contribution in [0, 0.1) is 5.92 Å². The van der Waals surface area contributed by atoms with Gasteiger partial charge in [0.25, 0.3) is 0 Å². The van der Waals surface area contributed by atoms with E-state index in [4.69, 9.17) is 9.72 Å². The van der Waals surface area contributed by atoms with Crippen molar-refractivity contribution in [2.75, 3.05) is 42.6 Å². The lowest BCUT2D eigenvalue weighted by Gasteiger charge is -2.30. The molecule has 0 N–H and O–H groups in total. The highest BCUT2D eigenvalue weighted by Gasteiger charge is 2.29. The van der Waals surface area contributed by atoms with Crippen molar-refractivity contribution in [3.63, 3.8) is 0 Å². The van der Waals surface area contributed by atoms with Crippen LogP contribution < -0.4 is 9.80 Å². The summed E-state index contributed by atoms with van der Waals surface area (Å²) in [4.78, 5) is 22.6. The minimum Gasteiger partial charge on any atom is -0.378 e. The normalized spacial score (nSPS) is 20.5. The zero-order chi connectivity index (χ0) is 23.1. The zero-order valence-electron chi connectivity index (χ0n) is 19.7. The molecule has 3 aromatic rings. The third-order valence-corrected chi connectivity index (χ3v) is 7.43. The number of anilines is 2. The molecule has 0 saturated carbocycles. The van der Waals surface area contributed by atoms with Crippen LogP contribution in [0.2, 0.25) is 0 Å². The van der Waals surface area contributed by atoms with Gasteiger partial charge in [-0.15, -0.1) is 0 Å². The lowest BCUT2D eigenvalue weighted by atomic mass is 9.89. The molecule has 0 radical (unpaired) electrons. The summed E-state index contributed by atoms with van der Waals surface area (Å²) in [6, 6.07) is 10.5. The third-order valence-electron chi connectivity index (χ3n) is 7.43. The summed E-state index contributed by atoms with van der Waals surface area (Å²) in [5, 5.41) is 5.49. The largest absolute Gasteiger partial charge is 0.378 e. The van der Waals surface area contributed by atoms with E-state index in [0.717, 1.165) is 73.9 Å². The Morgan fingerprint density at radius 1 is 1.09 bits per heavy atom. The molecule has 3 aliphatic rings. The Morgan fingerprint density at radius 2 is 1.94 bits per heavy atom. The second kappa shape index (κ2) is 8.87. The fourth-order valence-electron chi connectivity index (χ4n) is 5.43. The van der Waals surface area contributed by atoms with Gasteiger partial charge in [-0.25, -0.2) is 9.67 Å². The first kappa shape index (κ1) is 21.4. The lowest BCUT2D eigenvalue weighted by Crippen LogP contribution is -2.36. The maximum atomic E-state index is 13.4. The monoisotopic (exact) mass is 457 g/mol. The molecule has 0 bridgehead atoms. The summed E-state index contributed by atoms with van der Waals surface area (Å²) >= 11 is 0. The van der Waals surface area contributed by atoms with Crippen LogP contribution in [0.5, 0.6) is 0 Å². The van der Waals surface area contributed by atoms with E-state index in [-0.39, 0.29) is 12.5 Å². The fourth-order valence-corrected chi connectivity index (χ4v) is 5.43. The minimum atomic E-state index is 0.0563. The molecule has 6 rings (SSSR count). The van der Waals surface area contributed by atoms with Crippen molar-refractivity contribution in [3.05, 3.63) is 53.9 Å². The summed E-state index contributed by atoms with van der Waals surface area (Å²) in [5.41, 5.74) is 6.63. The molecule has 4 heterocycles. The van der Waals surface area contributed by atoms with Gasteiger partial charge in [-0.05, 0) is 61.4 Å². The van der Waals surface area contributed by atoms with Gasteiger partial charge in [-0.1, -0.05) is 19.1 Å². The van der Waals surface area contributed by atoms with Crippen molar-refractivity contribution >= 4 is 33.9 Å². The third kappa shape index (κ3) is 3.88. The SMILES string of the molecule is CC1CC=C(c2ccc3cnn(CC(=O)N4CCc5c(N6CCOCC6)cccc54)c3n2)CC1. The van der Waals surface area contributed by atoms with Crippen LogP contribution >= 0.6 is 0 Å². The topological polar surface area (TPSA) is 63.5 Å². The quantitative estimate of drug-likeness (QED) is 0.591. The summed E-state index contributed by atoms with van der Waals surface area (Å²) in [7, 11) is 0. The number of hydrogen-bond acceptors (Lipinski definition) is 5. The van der Waals surface area contributed by atoms with E-state index in [0.29, 0.717) is 6.54 Å². The number of allylic oxidation sites excluding steroid dienone is 2. The molecule has 176 valence electrons. The maximum absolute atomic E-state index is 13.4. The molecule has 1 amide bonds. The van der Waals surface area contributed by atoms with Crippen molar-refractivity contribution in [3.8, 4) is 0 Å². The highest BCUT2D eigenvalue weighted by atomic mass is 16.5. The van der Waals surface area contributed by atoms with Crippen molar-refractivity contribution in [1.82, 2.24) is 14.8 Å². The minimum absolute atomic E-state index is 0.0563. The van der Waals surface area contributed by atoms with E-state index in [9.17, 15) is 4.79 Å². The van der Waals surface area contributed by atoms with E-state index in [2.05, 4.69) is 53.3 Å². The average Bonchev–Trinajstić information content (AvgIpc) is 3.49. The number of rotatable bonds is 4. The van der Waals surface area contributed by atoms with Gasteiger partial charge in [-0.3, -0.25) is 4.79 Å². The number of benzene rings is 1. The van der Waals surface area contributed by atoms with Crippen molar-refractivity contribution < 1.29 is 9.53 Å². The Morgan fingerprint density at radius 3 is 2.76 bits per heavy atom. The van der Waals surface area contributed by atoms with E-state index in [1.54, 1.807) is 4.68 Å². The molecule has 0 spiro atoms. The van der Waals surface area contributed by atoms with Crippen LogP contribution in [0.15, 0.2) is 42.6 Å². The number of morpholine rings is 1. The standard InChI is InChI=1S/C27H31N5O2/c1-19-5-7-20(8-6-19)23-10-9-21-17-28-32(27(21)29-23)18-26(33)31-12-11-22-24(3-2-4-25(22)31)30-13-15-34-16-14-30/h2-4,7,9-10,17,19H,5-6,8,11-16,18H2,1H3. The number of amides is 1. The number of carbonyl (C=O) groups is 1. The molecular formula is C27H31N5O2. The first-order valence-corrected chi connectivity index (χ1v) is 12.4. The fraction of sp³-hybridized carbons (Fsp3) is 0.444. The first-order valence-electron chi connectivity index (χ1n) is 12.4. The summed E-state index contributed by atoms with van der Waals surface area (Å²) in [6.45, 7) is 6.49. The van der Waals surface area contributed by atoms with Crippen molar-refractivity contribution in [2.24, 2.45) is 5.92 Å². The van der Waals surface area contributed by atoms with Crippen LogP contribution in [0.4, 0.5) is 11.4 Å². The molecule has 2 aromatic heterocycles. The van der Waals surface area contributed by atoms with E-state index >= 15 is 0 Å². The molecule has 1 aliphatic carbocycles. The van der Waals surface area contributed by atoms with Crippen LogP contribution in [-0.2, 0) is 22.5 Å². The zero-order valence-corrected chi connectivity index (χ0v) is 19.7. The summed E-state index contributed by atoms with van der Waals surface area (Å²) < 4.78 is 7.28. The Kier molecular flexibility index (Phi) is 5.57. The van der Waals surface area contributed by atoms with E-state index in [1.807, 2.05) is 11.1 Å². The van der Waals surface area contributed by atoms with Gasteiger partial charge in [0.1, 0.15) is 6.54 Å². The molecule has 1 atom stereocenters. The van der Waals surface area contributed by atoms with Gasteiger partial charge < -0.3 is 14.5 Å². The Balaban J connectivity index is 1.24. The van der Waals surface area contributed by atoms with Crippen LogP contribution in [0.25, 0.3) is 16.6 Å². The smallest absolute Gasteiger partial charge is 0.248 e. The van der Waals surface area contributed by atoms with Gasteiger partial charge >= 0.3 is 0 Å². The van der Waals surface area contributed by atoms with Crippen molar-refractivity contribution in [1.29, 1.82) is 0 Å². The molecule has 7 nitrogen and oxygen atoms in total. The highest BCUT2D eigenvalue weighted by Crippen LogP contribution is 2.36. The number of aromatic nitrogens is 3. The molecular weight excluding hydrogens is 426 g/mol. The Bertz CT molecular complexity index is 1260. The maximum Gasteiger partial charge on any atom is 0.248 e. The Hall–Kier alpha value is -3.19. The van der Waals surface area contributed by atoms with E-state index < -0.39 is 0 Å². The number of hydrogen-bond donors (Lipinski definition) is 0. The molecule has 1 saturated heterocycles. The summed E-state index contributed by atoms with van der Waals surface area (Å²) in [5.74, 6) is 0.795. The molecule has 1 fully saturated rings.